The van der Waals surface area contributed by atoms with Crippen LogP contribution >= 0.6 is 11.8 Å². The number of rotatable bonds is 7. The molecule has 0 saturated heterocycles. The highest BCUT2D eigenvalue weighted by atomic mass is 32.2. The van der Waals surface area contributed by atoms with Crippen LogP contribution in [-0.2, 0) is 14.3 Å². The Morgan fingerprint density at radius 2 is 1.95 bits per heavy atom. The predicted octanol–water partition coefficient (Wildman–Crippen LogP) is 0.437. The molecular weight excluding hydrogens is 282 g/mol. The molecule has 110 valence electrons. The smallest absolute Gasteiger partial charge is 0.330 e. The van der Waals surface area contributed by atoms with Crippen molar-refractivity contribution in [2.45, 2.75) is 10.9 Å². The highest BCUT2D eigenvalue weighted by Crippen LogP contribution is 2.20. The molecule has 1 aromatic carbocycles. The summed E-state index contributed by atoms with van der Waals surface area (Å²) in [5.41, 5.74) is 0. The first kappa shape index (κ1) is 16.3. The zero-order chi connectivity index (χ0) is 15.0. The van der Waals surface area contributed by atoms with Crippen LogP contribution in [0.25, 0.3) is 0 Å². The lowest BCUT2D eigenvalue weighted by Gasteiger charge is -2.13. The Labute approximate surface area is 121 Å². The molecule has 0 aromatic heterocycles. The third kappa shape index (κ3) is 5.10. The summed E-state index contributed by atoms with van der Waals surface area (Å²) in [6.45, 7) is -0.494. The first-order valence-corrected chi connectivity index (χ1v) is 6.84. The topological polar surface area (TPSA) is 84.9 Å². The van der Waals surface area contributed by atoms with Gasteiger partial charge in [0.05, 0.1) is 26.6 Å². The molecule has 20 heavy (non-hydrogen) atoms. The van der Waals surface area contributed by atoms with Gasteiger partial charge in [0.25, 0.3) is 0 Å². The normalized spacial score (nSPS) is 11.6. The largest absolute Gasteiger partial charge is 0.497 e. The molecule has 1 atom stereocenters. The van der Waals surface area contributed by atoms with Crippen molar-refractivity contribution in [2.75, 3.05) is 26.6 Å². The second kappa shape index (κ2) is 8.44. The van der Waals surface area contributed by atoms with Gasteiger partial charge in [0.15, 0.2) is 6.04 Å². The van der Waals surface area contributed by atoms with Crippen molar-refractivity contribution in [2.24, 2.45) is 0 Å². The van der Waals surface area contributed by atoms with Crippen LogP contribution in [0.2, 0.25) is 0 Å². The second-order valence-corrected chi connectivity index (χ2v) is 4.84. The van der Waals surface area contributed by atoms with Crippen LogP contribution in [0.1, 0.15) is 0 Å². The van der Waals surface area contributed by atoms with E-state index in [-0.39, 0.29) is 11.7 Å². The SMILES string of the molecule is COC(=O)C(CO)NC(=O)CSc1ccc(OC)cc1. The molecule has 1 rings (SSSR count). The van der Waals surface area contributed by atoms with Crippen molar-refractivity contribution in [3.63, 3.8) is 0 Å². The van der Waals surface area contributed by atoms with Crippen LogP contribution in [0.5, 0.6) is 5.75 Å². The summed E-state index contributed by atoms with van der Waals surface area (Å²) in [6, 6.07) is 6.24. The zero-order valence-corrected chi connectivity index (χ0v) is 12.1. The summed E-state index contributed by atoms with van der Waals surface area (Å²) in [4.78, 5) is 23.8. The first-order chi connectivity index (χ1) is 9.60. The number of aliphatic hydroxyl groups excluding tert-OH is 1. The predicted molar refractivity (Wildman–Crippen MR) is 74.8 cm³/mol. The number of carbonyl (C=O) groups excluding carboxylic acids is 2. The van der Waals surface area contributed by atoms with E-state index < -0.39 is 18.6 Å². The fourth-order valence-electron chi connectivity index (χ4n) is 1.38. The summed E-state index contributed by atoms with van der Waals surface area (Å²) in [6.07, 6.45) is 0. The summed E-state index contributed by atoms with van der Waals surface area (Å²) in [5.74, 6) is -0.143. The molecule has 1 amide bonds. The number of methoxy groups -OCH3 is 2. The fraction of sp³-hybridized carbons (Fsp3) is 0.385. The van der Waals surface area contributed by atoms with Crippen molar-refractivity contribution in [1.82, 2.24) is 5.32 Å². The highest BCUT2D eigenvalue weighted by molar-refractivity contribution is 8.00. The van der Waals surface area contributed by atoms with Gasteiger partial charge in [0, 0.05) is 4.90 Å². The van der Waals surface area contributed by atoms with Crippen LogP contribution in [0.15, 0.2) is 29.2 Å². The van der Waals surface area contributed by atoms with Gasteiger partial charge in [0.1, 0.15) is 5.75 Å². The number of aliphatic hydroxyl groups is 1. The Bertz CT molecular complexity index is 449. The van der Waals surface area contributed by atoms with Crippen molar-refractivity contribution in [3.8, 4) is 5.75 Å². The number of thioether (sulfide) groups is 1. The average molecular weight is 299 g/mol. The second-order valence-electron chi connectivity index (χ2n) is 3.79. The van der Waals surface area contributed by atoms with Gasteiger partial charge < -0.3 is 19.9 Å². The van der Waals surface area contributed by atoms with E-state index in [4.69, 9.17) is 9.84 Å². The molecule has 0 saturated carbocycles. The molecule has 0 radical (unpaired) electrons. The van der Waals surface area contributed by atoms with E-state index in [1.807, 2.05) is 12.1 Å². The Hall–Kier alpha value is -1.73. The molecule has 0 aliphatic heterocycles. The van der Waals surface area contributed by atoms with Crippen LogP contribution in [0, 0.1) is 0 Å². The molecule has 7 heteroatoms. The monoisotopic (exact) mass is 299 g/mol. The number of hydrogen-bond acceptors (Lipinski definition) is 6. The molecule has 0 aliphatic rings. The maximum Gasteiger partial charge on any atom is 0.330 e. The van der Waals surface area contributed by atoms with E-state index in [2.05, 4.69) is 10.1 Å². The van der Waals surface area contributed by atoms with E-state index in [0.29, 0.717) is 0 Å². The number of carbonyl (C=O) groups is 2. The number of nitrogens with one attached hydrogen (secondary N) is 1. The number of benzene rings is 1. The third-order valence-corrected chi connectivity index (χ3v) is 3.44. The Morgan fingerprint density at radius 1 is 1.30 bits per heavy atom. The summed E-state index contributed by atoms with van der Waals surface area (Å²) >= 11 is 1.32. The Morgan fingerprint density at radius 3 is 2.45 bits per heavy atom. The van der Waals surface area contributed by atoms with Crippen LogP contribution < -0.4 is 10.1 Å². The molecule has 6 nitrogen and oxygen atoms in total. The molecule has 2 N–H and O–H groups in total. The molecule has 0 aliphatic carbocycles. The highest BCUT2D eigenvalue weighted by Gasteiger charge is 2.20. The number of amides is 1. The van der Waals surface area contributed by atoms with E-state index >= 15 is 0 Å². The van der Waals surface area contributed by atoms with Gasteiger partial charge >= 0.3 is 5.97 Å². The minimum absolute atomic E-state index is 0.139. The van der Waals surface area contributed by atoms with E-state index in [1.165, 1.54) is 18.9 Å². The number of hydrogen-bond donors (Lipinski definition) is 2. The van der Waals surface area contributed by atoms with Gasteiger partial charge in [-0.1, -0.05) is 0 Å². The van der Waals surface area contributed by atoms with Crippen molar-refractivity contribution < 1.29 is 24.2 Å². The molecule has 0 fully saturated rings. The zero-order valence-electron chi connectivity index (χ0n) is 11.3. The first-order valence-electron chi connectivity index (χ1n) is 5.85. The fourth-order valence-corrected chi connectivity index (χ4v) is 2.09. The molecule has 0 spiro atoms. The van der Waals surface area contributed by atoms with Crippen molar-refractivity contribution in [3.05, 3.63) is 24.3 Å². The summed E-state index contributed by atoms with van der Waals surface area (Å²) < 4.78 is 9.49. The minimum atomic E-state index is -1.02. The number of esters is 1. The standard InChI is InChI=1S/C13H17NO5S/c1-18-9-3-5-10(6-4-9)20-8-12(16)14-11(7-15)13(17)19-2/h3-6,11,15H,7-8H2,1-2H3,(H,14,16). The van der Waals surface area contributed by atoms with Crippen LogP contribution in [-0.4, -0.2) is 49.6 Å². The van der Waals surface area contributed by atoms with Gasteiger partial charge in [-0.05, 0) is 24.3 Å². The van der Waals surface area contributed by atoms with E-state index in [9.17, 15) is 9.59 Å². The van der Waals surface area contributed by atoms with Gasteiger partial charge in [-0.2, -0.15) is 0 Å². The van der Waals surface area contributed by atoms with Gasteiger partial charge in [-0.15, -0.1) is 11.8 Å². The molecule has 1 aromatic rings. The Balaban J connectivity index is 2.43. The maximum atomic E-state index is 11.7. The van der Waals surface area contributed by atoms with Gasteiger partial charge in [-0.3, -0.25) is 4.79 Å². The van der Waals surface area contributed by atoms with E-state index in [1.54, 1.807) is 19.2 Å². The number of ether oxygens (including phenoxy) is 2. The van der Waals surface area contributed by atoms with Gasteiger partial charge in [0.2, 0.25) is 5.91 Å². The minimum Gasteiger partial charge on any atom is -0.497 e. The van der Waals surface area contributed by atoms with E-state index in [0.717, 1.165) is 10.6 Å². The summed E-state index contributed by atoms with van der Waals surface area (Å²) in [5, 5.41) is 11.4. The summed E-state index contributed by atoms with van der Waals surface area (Å²) in [7, 11) is 2.78. The molecule has 0 heterocycles. The molecule has 1 unspecified atom stereocenters. The lowest BCUT2D eigenvalue weighted by atomic mass is 10.3. The lowest BCUT2D eigenvalue weighted by Crippen LogP contribution is -2.44. The van der Waals surface area contributed by atoms with Gasteiger partial charge in [-0.25, -0.2) is 4.79 Å². The Kier molecular flexibility index (Phi) is 6.89. The lowest BCUT2D eigenvalue weighted by molar-refractivity contribution is -0.145. The third-order valence-electron chi connectivity index (χ3n) is 2.43. The maximum absolute atomic E-state index is 11.7. The average Bonchev–Trinajstić information content (AvgIpc) is 2.50. The van der Waals surface area contributed by atoms with Crippen molar-refractivity contribution >= 4 is 23.6 Å². The van der Waals surface area contributed by atoms with Crippen molar-refractivity contribution in [1.29, 1.82) is 0 Å². The van der Waals surface area contributed by atoms with Crippen LogP contribution in [0.4, 0.5) is 0 Å². The van der Waals surface area contributed by atoms with Crippen LogP contribution in [0.3, 0.4) is 0 Å². The molecule has 0 bridgehead atoms. The quantitative estimate of drug-likeness (QED) is 0.561. The molecular formula is C13H17NO5S.